The fraction of sp³-hybridized carbons (Fsp3) is 0.407. The molecule has 0 atom stereocenters. The van der Waals surface area contributed by atoms with Crippen molar-refractivity contribution in [2.24, 2.45) is 0 Å². The molecule has 3 aliphatic carbocycles. The van der Waals surface area contributed by atoms with Crippen LogP contribution in [0.4, 0.5) is 51.2 Å². The first-order valence-corrected chi connectivity index (χ1v) is 32.1. The van der Waals surface area contributed by atoms with Crippen molar-refractivity contribution < 1.29 is 0 Å². The molecule has 4 heteroatoms. The molecule has 8 aromatic rings. The maximum atomic E-state index is 2.74. The lowest BCUT2D eigenvalue weighted by Gasteiger charge is -2.48. The van der Waals surface area contributed by atoms with Gasteiger partial charge in [-0.15, -0.1) is 0 Å². The van der Waals surface area contributed by atoms with Crippen molar-refractivity contribution in [1.82, 2.24) is 0 Å². The number of rotatable bonds is 5. The van der Waals surface area contributed by atoms with Crippen molar-refractivity contribution in [3.05, 3.63) is 201 Å². The molecular weight excluding hydrogens is 1030 g/mol. The Morgan fingerprint density at radius 1 is 0.376 bits per heavy atom. The van der Waals surface area contributed by atoms with Crippen molar-refractivity contribution in [3.63, 3.8) is 0 Å². The van der Waals surface area contributed by atoms with E-state index >= 15 is 0 Å². The molecule has 0 aromatic heterocycles. The zero-order valence-corrected chi connectivity index (χ0v) is 55.5. The third kappa shape index (κ3) is 8.93. The molecule has 0 fully saturated rings. The predicted molar refractivity (Wildman–Crippen MR) is 369 cm³/mol. The number of fused-ring (bicyclic) bond motifs is 9. The molecule has 5 aliphatic rings. The average molecular weight is 1120 g/mol. The van der Waals surface area contributed by atoms with Crippen molar-refractivity contribution in [2.75, 3.05) is 14.7 Å². The Hall–Kier alpha value is -6.78. The summed E-state index contributed by atoms with van der Waals surface area (Å²) in [5.41, 5.74) is 33.0. The molecule has 0 bridgehead atoms. The molecule has 0 unspecified atom stereocenters. The van der Waals surface area contributed by atoms with Crippen LogP contribution in [-0.2, 0) is 43.3 Å². The van der Waals surface area contributed by atoms with Crippen LogP contribution in [0.25, 0.3) is 11.1 Å². The van der Waals surface area contributed by atoms with Crippen molar-refractivity contribution in [1.29, 1.82) is 0 Å². The van der Waals surface area contributed by atoms with Crippen molar-refractivity contribution in [3.8, 4) is 11.1 Å². The lowest BCUT2D eigenvalue weighted by molar-refractivity contribution is 0.332. The van der Waals surface area contributed by atoms with Gasteiger partial charge in [-0.25, -0.2) is 0 Å². The molecular formula is C81H94BN3. The van der Waals surface area contributed by atoms with E-state index in [1.807, 2.05) is 0 Å². The molecule has 2 aliphatic heterocycles. The van der Waals surface area contributed by atoms with E-state index in [4.69, 9.17) is 0 Å². The first-order valence-electron chi connectivity index (χ1n) is 32.1. The molecule has 0 N–H and O–H groups in total. The van der Waals surface area contributed by atoms with E-state index in [0.29, 0.717) is 0 Å². The van der Waals surface area contributed by atoms with Gasteiger partial charge in [0.1, 0.15) is 0 Å². The number of benzene rings is 8. The summed E-state index contributed by atoms with van der Waals surface area (Å²) in [6.07, 6.45) is 4.66. The highest BCUT2D eigenvalue weighted by Crippen LogP contribution is 2.56. The minimum absolute atomic E-state index is 0.00844. The zero-order chi connectivity index (χ0) is 60.8. The van der Waals surface area contributed by atoms with Gasteiger partial charge in [-0.1, -0.05) is 204 Å². The molecule has 0 radical (unpaired) electrons. The van der Waals surface area contributed by atoms with Crippen molar-refractivity contribution in [2.45, 2.75) is 214 Å². The van der Waals surface area contributed by atoms with Crippen LogP contribution in [0.5, 0.6) is 0 Å². The number of nitrogens with zero attached hydrogens (tertiary/aromatic N) is 3. The molecule has 3 nitrogen and oxygen atoms in total. The number of aryl methyl sites for hydroxylation is 2. The summed E-state index contributed by atoms with van der Waals surface area (Å²) in [5, 5.41) is 0. The average Bonchev–Trinajstić information content (AvgIpc) is 1.03. The lowest BCUT2D eigenvalue weighted by atomic mass is 9.33. The second kappa shape index (κ2) is 18.6. The van der Waals surface area contributed by atoms with Gasteiger partial charge in [-0.2, -0.15) is 0 Å². The minimum Gasteiger partial charge on any atom is -0.311 e. The Kier molecular flexibility index (Phi) is 12.6. The van der Waals surface area contributed by atoms with Crippen LogP contribution >= 0.6 is 0 Å². The van der Waals surface area contributed by atoms with Crippen LogP contribution in [0, 0.1) is 13.8 Å². The summed E-state index contributed by atoms with van der Waals surface area (Å²) in [5.74, 6) is 0. The van der Waals surface area contributed by atoms with Gasteiger partial charge in [0.25, 0.3) is 6.71 Å². The molecule has 0 spiro atoms. The smallest absolute Gasteiger partial charge is 0.252 e. The molecule has 2 heterocycles. The topological polar surface area (TPSA) is 9.72 Å². The molecule has 436 valence electrons. The zero-order valence-electron chi connectivity index (χ0n) is 55.5. The quantitative estimate of drug-likeness (QED) is 0.159. The number of hydrogen-bond donors (Lipinski definition) is 0. The Morgan fingerprint density at radius 3 is 1.36 bits per heavy atom. The van der Waals surface area contributed by atoms with Gasteiger partial charge in [0.15, 0.2) is 0 Å². The fourth-order valence-corrected chi connectivity index (χ4v) is 15.9. The number of hydrogen-bond acceptors (Lipinski definition) is 3. The van der Waals surface area contributed by atoms with Gasteiger partial charge in [0.05, 0.1) is 0 Å². The van der Waals surface area contributed by atoms with E-state index in [1.54, 1.807) is 0 Å². The van der Waals surface area contributed by atoms with E-state index in [1.165, 1.54) is 141 Å². The first kappa shape index (κ1) is 57.3. The SMILES string of the molecule is Cc1cc(C(C)(C)C)ccc1N(c1ccc2c(c1)N(c1ccc3c(c1)-c1ccccc1C3(C)C)c1cc(C(C)(C)C)cc3c1B2c1cc2c(cc1N3c1ccc3c(c1)C(C)(C)CCC3(C)C)C(C)(C)CCC2(C)C)c1ccc(C(C)(C)C)cc1C. The monoisotopic (exact) mass is 1120 g/mol. The lowest BCUT2D eigenvalue weighted by Crippen LogP contribution is -2.62. The Morgan fingerprint density at radius 2 is 0.835 bits per heavy atom. The highest BCUT2D eigenvalue weighted by atomic mass is 15.2. The van der Waals surface area contributed by atoms with Crippen molar-refractivity contribution >= 4 is 74.3 Å². The summed E-state index contributed by atoms with van der Waals surface area (Å²) >= 11 is 0. The van der Waals surface area contributed by atoms with Crippen LogP contribution in [0.3, 0.4) is 0 Å². The van der Waals surface area contributed by atoms with E-state index in [9.17, 15) is 0 Å². The van der Waals surface area contributed by atoms with Crippen LogP contribution in [0.2, 0.25) is 0 Å². The summed E-state index contributed by atoms with van der Waals surface area (Å²) in [7, 11) is 0. The Labute approximate surface area is 512 Å². The molecule has 0 saturated heterocycles. The summed E-state index contributed by atoms with van der Waals surface area (Å²) in [4.78, 5) is 8.02. The van der Waals surface area contributed by atoms with Gasteiger partial charge < -0.3 is 14.7 Å². The highest BCUT2D eigenvalue weighted by Gasteiger charge is 2.49. The van der Waals surface area contributed by atoms with E-state index in [-0.39, 0.29) is 50.0 Å². The second-order valence-electron chi connectivity index (χ2n) is 33.0. The van der Waals surface area contributed by atoms with Gasteiger partial charge in [-0.05, 0) is 233 Å². The molecule has 13 rings (SSSR count). The van der Waals surface area contributed by atoms with Crippen LogP contribution in [0.15, 0.2) is 140 Å². The maximum absolute atomic E-state index is 2.74. The highest BCUT2D eigenvalue weighted by molar-refractivity contribution is 7.00. The van der Waals surface area contributed by atoms with E-state index < -0.39 is 0 Å². The third-order valence-electron chi connectivity index (χ3n) is 21.7. The van der Waals surface area contributed by atoms with E-state index in [2.05, 4.69) is 300 Å². The summed E-state index contributed by atoms with van der Waals surface area (Å²) < 4.78 is 0. The van der Waals surface area contributed by atoms with Gasteiger partial charge >= 0.3 is 0 Å². The Balaban J connectivity index is 1.15. The summed E-state index contributed by atoms with van der Waals surface area (Å²) in [6, 6.07) is 56.8. The van der Waals surface area contributed by atoms with Crippen LogP contribution in [-0.4, -0.2) is 6.71 Å². The summed E-state index contributed by atoms with van der Waals surface area (Å²) in [6.45, 7) is 50.5. The van der Waals surface area contributed by atoms with Crippen LogP contribution in [0.1, 0.15) is 218 Å². The standard InChI is InChI=1S/C81H94BN3/c1-49-40-51(74(3,4)5)26-34-67(49)83(68-35-27-52(41-50(68)2)75(6,7)8)56-30-33-65-69(46-56)84(54-28-31-60-58(44-54)57-24-22-23-25-59(57)81(60,20)21)71-42-53(76(9,10)11)43-72-73(71)82(65)66-47-63-64(80(18,19)39-38-79(63,16)17)48-70(66)85(72)55-29-32-61-62(45-55)78(14,15)37-36-77(61,12)13/h22-35,40-48H,36-39H2,1-21H3. The predicted octanol–water partition coefficient (Wildman–Crippen LogP) is 20.8. The van der Waals surface area contributed by atoms with Gasteiger partial charge in [0, 0.05) is 56.6 Å². The minimum atomic E-state index is -0.171. The van der Waals surface area contributed by atoms with Gasteiger partial charge in [-0.3, -0.25) is 0 Å². The van der Waals surface area contributed by atoms with Gasteiger partial charge in [0.2, 0.25) is 0 Å². The van der Waals surface area contributed by atoms with E-state index in [0.717, 1.165) is 24.9 Å². The first-order chi connectivity index (χ1) is 39.6. The molecule has 0 amide bonds. The molecule has 0 saturated carbocycles. The fourth-order valence-electron chi connectivity index (χ4n) is 15.9. The maximum Gasteiger partial charge on any atom is 0.252 e. The Bertz CT molecular complexity index is 4040. The van der Waals surface area contributed by atoms with Crippen LogP contribution < -0.4 is 31.1 Å². The molecule has 85 heavy (non-hydrogen) atoms. The largest absolute Gasteiger partial charge is 0.311 e. The molecule has 8 aromatic carbocycles. The third-order valence-corrected chi connectivity index (χ3v) is 21.7. The normalized spacial score (nSPS) is 18.2. The second-order valence-corrected chi connectivity index (χ2v) is 33.0. The number of anilines is 9.